The highest BCUT2D eigenvalue weighted by molar-refractivity contribution is 7.98. The fourth-order valence-electron chi connectivity index (χ4n) is 2.84. The molecule has 1 aliphatic rings. The molecule has 5 nitrogen and oxygen atoms in total. The first-order chi connectivity index (χ1) is 12.4. The van der Waals surface area contributed by atoms with E-state index in [1.54, 1.807) is 35.2 Å². The van der Waals surface area contributed by atoms with Gasteiger partial charge in [0.1, 0.15) is 0 Å². The normalized spacial score (nSPS) is 14.5. The third-order valence-corrected chi connectivity index (χ3v) is 6.63. The molecule has 0 bridgehead atoms. The van der Waals surface area contributed by atoms with Crippen molar-refractivity contribution in [3.05, 3.63) is 53.1 Å². The highest BCUT2D eigenvalue weighted by Gasteiger charge is 2.24. The van der Waals surface area contributed by atoms with Crippen LogP contribution in [0.4, 0.5) is 5.69 Å². The molecule has 1 heterocycles. The molecule has 1 amide bonds. The first-order valence-corrected chi connectivity index (χ1v) is 11.2. The Morgan fingerprint density at radius 1 is 1.12 bits per heavy atom. The Morgan fingerprint density at radius 3 is 2.38 bits per heavy atom. The van der Waals surface area contributed by atoms with Crippen molar-refractivity contribution < 1.29 is 13.2 Å². The summed E-state index contributed by atoms with van der Waals surface area (Å²) in [5.74, 6) is -0.115. The van der Waals surface area contributed by atoms with E-state index >= 15 is 0 Å². The average Bonchev–Trinajstić information content (AvgIpc) is 3.17. The average molecular weight is 411 g/mol. The second kappa shape index (κ2) is 7.90. The number of likely N-dealkylation sites (tertiary alicyclic amines) is 1. The van der Waals surface area contributed by atoms with Crippen molar-refractivity contribution >= 4 is 45.0 Å². The van der Waals surface area contributed by atoms with Crippen molar-refractivity contribution in [1.29, 1.82) is 0 Å². The fraction of sp³-hybridized carbons (Fsp3) is 0.278. The summed E-state index contributed by atoms with van der Waals surface area (Å²) in [5.41, 5.74) is 0.842. The van der Waals surface area contributed by atoms with Crippen LogP contribution < -0.4 is 4.72 Å². The molecule has 0 unspecified atom stereocenters. The van der Waals surface area contributed by atoms with E-state index < -0.39 is 10.0 Å². The van der Waals surface area contributed by atoms with Crippen LogP contribution in [0.25, 0.3) is 0 Å². The number of amides is 1. The van der Waals surface area contributed by atoms with Gasteiger partial charge in [0.15, 0.2) is 0 Å². The molecule has 0 aliphatic carbocycles. The third kappa shape index (κ3) is 4.16. The number of anilines is 1. The molecule has 0 saturated carbocycles. The van der Waals surface area contributed by atoms with E-state index in [1.807, 2.05) is 6.26 Å². The van der Waals surface area contributed by atoms with Crippen molar-refractivity contribution in [2.45, 2.75) is 22.6 Å². The summed E-state index contributed by atoms with van der Waals surface area (Å²) in [5, 5.41) is 0.524. The number of carbonyl (C=O) groups excluding carboxylic acids is 1. The molecule has 1 fully saturated rings. The second-order valence-electron chi connectivity index (χ2n) is 5.97. The van der Waals surface area contributed by atoms with Gasteiger partial charge in [-0.2, -0.15) is 0 Å². The number of rotatable bonds is 5. The summed E-state index contributed by atoms with van der Waals surface area (Å²) >= 11 is 7.26. The third-order valence-electron chi connectivity index (χ3n) is 4.20. The number of halogens is 1. The molecule has 8 heteroatoms. The van der Waals surface area contributed by atoms with Crippen LogP contribution in [0.5, 0.6) is 0 Å². The SMILES string of the molecule is CSc1ccc(S(=O)(=O)Nc2ccc(Cl)cc2)cc1C(=O)N1CCCC1. The lowest BCUT2D eigenvalue weighted by Crippen LogP contribution is -2.28. The van der Waals surface area contributed by atoms with Crippen LogP contribution in [0.1, 0.15) is 23.2 Å². The van der Waals surface area contributed by atoms with Crippen LogP contribution in [0.15, 0.2) is 52.3 Å². The molecule has 0 atom stereocenters. The van der Waals surface area contributed by atoms with Crippen molar-refractivity contribution in [3.63, 3.8) is 0 Å². The Labute approximate surface area is 162 Å². The predicted octanol–water partition coefficient (Wildman–Crippen LogP) is 4.10. The Morgan fingerprint density at radius 2 is 1.77 bits per heavy atom. The van der Waals surface area contributed by atoms with E-state index in [-0.39, 0.29) is 10.8 Å². The zero-order valence-electron chi connectivity index (χ0n) is 14.2. The van der Waals surface area contributed by atoms with Gasteiger partial charge in [0.2, 0.25) is 0 Å². The first kappa shape index (κ1) is 19.1. The maximum Gasteiger partial charge on any atom is 0.261 e. The lowest BCUT2D eigenvalue weighted by atomic mass is 10.2. The smallest absolute Gasteiger partial charge is 0.261 e. The number of benzene rings is 2. The van der Waals surface area contributed by atoms with E-state index in [9.17, 15) is 13.2 Å². The minimum atomic E-state index is -3.80. The van der Waals surface area contributed by atoms with Crippen LogP contribution in [0.3, 0.4) is 0 Å². The standard InChI is InChI=1S/C18H19ClN2O3S2/c1-25-17-9-8-15(12-16(17)18(22)21-10-2-3-11-21)26(23,24)20-14-6-4-13(19)5-7-14/h4-9,12,20H,2-3,10-11H2,1H3. The maximum atomic E-state index is 12.8. The summed E-state index contributed by atoms with van der Waals surface area (Å²) in [7, 11) is -3.80. The minimum Gasteiger partial charge on any atom is -0.339 e. The van der Waals surface area contributed by atoms with Crippen LogP contribution in [0, 0.1) is 0 Å². The lowest BCUT2D eigenvalue weighted by molar-refractivity contribution is 0.0789. The minimum absolute atomic E-state index is 0.0628. The molecule has 138 valence electrons. The first-order valence-electron chi connectivity index (χ1n) is 8.16. The van der Waals surface area contributed by atoms with Gasteiger partial charge in [-0.15, -0.1) is 11.8 Å². The predicted molar refractivity (Wildman–Crippen MR) is 106 cm³/mol. The summed E-state index contributed by atoms with van der Waals surface area (Å²) in [6.07, 6.45) is 3.84. The van der Waals surface area contributed by atoms with Crippen molar-refractivity contribution in [2.75, 3.05) is 24.1 Å². The van der Waals surface area contributed by atoms with Gasteiger partial charge in [-0.05, 0) is 61.6 Å². The lowest BCUT2D eigenvalue weighted by Gasteiger charge is -2.18. The van der Waals surface area contributed by atoms with Crippen molar-refractivity contribution in [3.8, 4) is 0 Å². The second-order valence-corrected chi connectivity index (χ2v) is 8.94. The van der Waals surface area contributed by atoms with Gasteiger partial charge in [-0.3, -0.25) is 9.52 Å². The number of hydrogen-bond donors (Lipinski definition) is 1. The Hall–Kier alpha value is -1.70. The van der Waals surface area contributed by atoms with Crippen molar-refractivity contribution in [1.82, 2.24) is 4.90 Å². The Bertz CT molecular complexity index is 909. The summed E-state index contributed by atoms with van der Waals surface area (Å²) in [6, 6.07) is 11.1. The molecule has 2 aromatic rings. The molecule has 2 aromatic carbocycles. The number of nitrogens with one attached hydrogen (secondary N) is 1. The number of carbonyl (C=O) groups is 1. The highest BCUT2D eigenvalue weighted by atomic mass is 35.5. The van der Waals surface area contributed by atoms with Crippen LogP contribution in [-0.2, 0) is 10.0 Å². The van der Waals surface area contributed by atoms with Gasteiger partial charge < -0.3 is 4.90 Å². The van der Waals surface area contributed by atoms with E-state index in [0.29, 0.717) is 29.4 Å². The molecule has 1 N–H and O–H groups in total. The topological polar surface area (TPSA) is 66.5 Å². The zero-order valence-corrected chi connectivity index (χ0v) is 16.6. The molecule has 0 radical (unpaired) electrons. The van der Waals surface area contributed by atoms with Gasteiger partial charge in [0, 0.05) is 28.7 Å². The molecular formula is C18H19ClN2O3S2. The van der Waals surface area contributed by atoms with E-state index in [1.165, 1.54) is 23.9 Å². The van der Waals surface area contributed by atoms with Gasteiger partial charge in [0.25, 0.3) is 15.9 Å². The summed E-state index contributed by atoms with van der Waals surface area (Å²) in [6.45, 7) is 1.43. The van der Waals surface area contributed by atoms with E-state index in [4.69, 9.17) is 11.6 Å². The Balaban J connectivity index is 1.92. The number of nitrogens with zero attached hydrogens (tertiary/aromatic N) is 1. The van der Waals surface area contributed by atoms with Gasteiger partial charge >= 0.3 is 0 Å². The molecule has 0 spiro atoms. The van der Waals surface area contributed by atoms with Crippen LogP contribution in [0.2, 0.25) is 5.02 Å². The number of thioether (sulfide) groups is 1. The highest BCUT2D eigenvalue weighted by Crippen LogP contribution is 2.27. The van der Waals surface area contributed by atoms with Gasteiger partial charge in [-0.25, -0.2) is 8.42 Å². The fourth-order valence-corrected chi connectivity index (χ4v) is 4.62. The van der Waals surface area contributed by atoms with Gasteiger partial charge in [0.05, 0.1) is 10.5 Å². The van der Waals surface area contributed by atoms with Crippen LogP contribution >= 0.6 is 23.4 Å². The van der Waals surface area contributed by atoms with E-state index in [2.05, 4.69) is 4.72 Å². The quantitative estimate of drug-likeness (QED) is 0.753. The summed E-state index contributed by atoms with van der Waals surface area (Å²) < 4.78 is 27.9. The molecule has 1 aliphatic heterocycles. The molecule has 3 rings (SSSR count). The van der Waals surface area contributed by atoms with Crippen molar-refractivity contribution in [2.24, 2.45) is 0 Å². The molecule has 0 aromatic heterocycles. The largest absolute Gasteiger partial charge is 0.339 e. The van der Waals surface area contributed by atoms with Gasteiger partial charge in [-0.1, -0.05) is 11.6 Å². The zero-order chi connectivity index (χ0) is 18.7. The van der Waals surface area contributed by atoms with Crippen LogP contribution in [-0.4, -0.2) is 38.6 Å². The maximum absolute atomic E-state index is 12.8. The number of sulfonamides is 1. The number of hydrogen-bond acceptors (Lipinski definition) is 4. The molecule has 1 saturated heterocycles. The summed E-state index contributed by atoms with van der Waals surface area (Å²) in [4.78, 5) is 15.4. The van der Waals surface area contributed by atoms with E-state index in [0.717, 1.165) is 17.7 Å². The molecular weight excluding hydrogens is 392 g/mol. The Kier molecular flexibility index (Phi) is 5.79. The molecule has 26 heavy (non-hydrogen) atoms. The monoisotopic (exact) mass is 410 g/mol.